The highest BCUT2D eigenvalue weighted by Crippen LogP contribution is 2.33. The Bertz CT molecular complexity index is 1470. The van der Waals surface area contributed by atoms with Crippen molar-refractivity contribution in [3.05, 3.63) is 75.3 Å². The van der Waals surface area contributed by atoms with Crippen molar-refractivity contribution in [2.45, 2.75) is 33.1 Å². The molecule has 12 heteroatoms. The molecular formula is C25H25F3N4O5. The number of nitrogens with zero attached hydrogens (tertiary/aromatic N) is 4. The van der Waals surface area contributed by atoms with Crippen molar-refractivity contribution in [1.29, 1.82) is 0 Å². The zero-order valence-corrected chi connectivity index (χ0v) is 20.5. The normalized spacial score (nSPS) is 12.0. The van der Waals surface area contributed by atoms with Gasteiger partial charge >= 0.3 is 17.8 Å². The van der Waals surface area contributed by atoms with Crippen LogP contribution in [-0.4, -0.2) is 44.5 Å². The summed E-state index contributed by atoms with van der Waals surface area (Å²) in [6, 6.07) is 8.32. The van der Waals surface area contributed by atoms with Gasteiger partial charge in [-0.15, -0.1) is 0 Å². The molecule has 0 aliphatic rings. The molecule has 37 heavy (non-hydrogen) atoms. The molecule has 0 saturated heterocycles. The predicted octanol–water partition coefficient (Wildman–Crippen LogP) is 3.28. The third kappa shape index (κ3) is 5.27. The third-order valence-corrected chi connectivity index (χ3v) is 6.12. The molecule has 1 aromatic heterocycles. The molecule has 2 amide bonds. The second-order valence-corrected chi connectivity index (χ2v) is 8.34. The molecule has 196 valence electrons. The van der Waals surface area contributed by atoms with Crippen LogP contribution in [0.3, 0.4) is 0 Å². The monoisotopic (exact) mass is 518 g/mol. The first-order valence-corrected chi connectivity index (χ1v) is 11.1. The Morgan fingerprint density at radius 3 is 2.38 bits per heavy atom. The van der Waals surface area contributed by atoms with Crippen LogP contribution in [0.1, 0.15) is 23.6 Å². The van der Waals surface area contributed by atoms with E-state index in [2.05, 4.69) is 0 Å². The summed E-state index contributed by atoms with van der Waals surface area (Å²) in [7, 11) is 3.11. The summed E-state index contributed by atoms with van der Waals surface area (Å²) in [6.45, 7) is 2.87. The molecule has 0 saturated carbocycles. The molecule has 0 aliphatic heterocycles. The molecule has 3 rings (SSSR count). The van der Waals surface area contributed by atoms with Crippen molar-refractivity contribution in [2.75, 3.05) is 11.9 Å². The molecule has 2 aromatic carbocycles. The first-order chi connectivity index (χ1) is 17.3. The number of benzene rings is 2. The number of anilines is 1. The smallest absolute Gasteiger partial charge is 0.416 e. The number of carboxylic acid groups (broad SMARTS) is 1. The van der Waals surface area contributed by atoms with Crippen molar-refractivity contribution < 1.29 is 32.7 Å². The average Bonchev–Trinajstić information content (AvgIpc) is 3.08. The second kappa shape index (κ2) is 10.3. The largest absolute Gasteiger partial charge is 0.477 e. The van der Waals surface area contributed by atoms with Crippen molar-refractivity contribution in [3.8, 4) is 0 Å². The van der Waals surface area contributed by atoms with E-state index in [0.717, 1.165) is 18.3 Å². The van der Waals surface area contributed by atoms with Crippen LogP contribution >= 0.6 is 0 Å². The number of rotatable bonds is 8. The minimum Gasteiger partial charge on any atom is -0.477 e. The van der Waals surface area contributed by atoms with Crippen LogP contribution < -0.4 is 10.6 Å². The number of carboxylic acids is 1. The Labute approximate surface area is 209 Å². The van der Waals surface area contributed by atoms with Crippen molar-refractivity contribution in [1.82, 2.24) is 14.0 Å². The number of hydrogen-bond donors (Lipinski definition) is 1. The van der Waals surface area contributed by atoms with Gasteiger partial charge < -0.3 is 10.0 Å². The Kier molecular flexibility index (Phi) is 7.61. The van der Waals surface area contributed by atoms with E-state index in [1.165, 1.54) is 34.1 Å². The summed E-state index contributed by atoms with van der Waals surface area (Å²) in [5, 5.41) is 9.69. The number of halogens is 3. The molecule has 3 aromatic rings. The van der Waals surface area contributed by atoms with E-state index >= 15 is 0 Å². The molecule has 0 spiro atoms. The summed E-state index contributed by atoms with van der Waals surface area (Å²) in [5.74, 6) is -2.83. The SMILES string of the molecule is CCn1c(=O)n(C)c2ccc(N(C)/C=C(/C(=O)O)C(=O)N(C=O)Cc3cccc(C(F)(F)F)c3C)cc21. The first-order valence-electron chi connectivity index (χ1n) is 11.1. The fourth-order valence-corrected chi connectivity index (χ4v) is 4.05. The van der Waals surface area contributed by atoms with Gasteiger partial charge in [-0.25, -0.2) is 9.59 Å². The molecule has 0 aliphatic carbocycles. The summed E-state index contributed by atoms with van der Waals surface area (Å²) in [6.07, 6.45) is -3.54. The maximum atomic E-state index is 13.3. The molecule has 1 N–H and O–H groups in total. The van der Waals surface area contributed by atoms with Gasteiger partial charge in [0, 0.05) is 32.5 Å². The minimum absolute atomic E-state index is 0.0421. The molecule has 0 radical (unpaired) electrons. The fourth-order valence-electron chi connectivity index (χ4n) is 4.05. The molecule has 0 unspecified atom stereocenters. The molecule has 0 bridgehead atoms. The van der Waals surface area contributed by atoms with Crippen molar-refractivity contribution in [2.24, 2.45) is 7.05 Å². The number of imidazole rings is 1. The standard InChI is InChI=1S/C25H25F3N4O5/c1-5-32-21-11-17(9-10-20(21)30(4)24(32)37)29(3)13-18(23(35)36)22(34)31(14-33)12-16-7-6-8-19(15(16)2)25(26,27)28/h6-11,13-14H,5,12H2,1-4H3,(H,35,36)/b18-13+. The van der Waals surface area contributed by atoms with Gasteiger partial charge in [-0.05, 0) is 49.2 Å². The quantitative estimate of drug-likeness (QED) is 0.212. The summed E-state index contributed by atoms with van der Waals surface area (Å²) in [4.78, 5) is 50.9. The Balaban J connectivity index is 1.96. The van der Waals surface area contributed by atoms with Crippen LogP contribution in [0.4, 0.5) is 18.9 Å². The number of fused-ring (bicyclic) bond motifs is 1. The number of aliphatic carboxylic acids is 1. The number of hydrogen-bond acceptors (Lipinski definition) is 5. The predicted molar refractivity (Wildman–Crippen MR) is 130 cm³/mol. The third-order valence-electron chi connectivity index (χ3n) is 6.12. The highest BCUT2D eigenvalue weighted by atomic mass is 19.4. The van der Waals surface area contributed by atoms with E-state index in [1.807, 2.05) is 0 Å². The van der Waals surface area contributed by atoms with Gasteiger partial charge in [0.25, 0.3) is 5.91 Å². The summed E-state index contributed by atoms with van der Waals surface area (Å²) < 4.78 is 42.8. The number of carbonyl (C=O) groups is 3. The molecule has 0 fully saturated rings. The van der Waals surface area contributed by atoms with E-state index in [1.54, 1.807) is 32.2 Å². The van der Waals surface area contributed by atoms with Crippen molar-refractivity contribution in [3.63, 3.8) is 0 Å². The number of carbonyl (C=O) groups excluding carboxylic acids is 2. The minimum atomic E-state index is -4.63. The lowest BCUT2D eigenvalue weighted by Crippen LogP contribution is -2.34. The molecular weight excluding hydrogens is 493 g/mol. The zero-order chi connectivity index (χ0) is 27.7. The lowest BCUT2D eigenvalue weighted by Gasteiger charge is -2.21. The van der Waals surface area contributed by atoms with Gasteiger partial charge in [0.2, 0.25) is 6.41 Å². The van der Waals surface area contributed by atoms with Crippen LogP contribution in [-0.2, 0) is 40.7 Å². The summed E-state index contributed by atoms with van der Waals surface area (Å²) >= 11 is 0. The summed E-state index contributed by atoms with van der Waals surface area (Å²) in [5.41, 5.74) is -0.332. The number of aromatic nitrogens is 2. The Morgan fingerprint density at radius 2 is 1.81 bits per heavy atom. The van der Waals surface area contributed by atoms with E-state index in [-0.39, 0.29) is 23.2 Å². The molecule has 0 atom stereocenters. The van der Waals surface area contributed by atoms with E-state index in [0.29, 0.717) is 28.2 Å². The van der Waals surface area contributed by atoms with Crippen LogP contribution in [0.5, 0.6) is 0 Å². The molecule has 1 heterocycles. The van der Waals surface area contributed by atoms with Crippen LogP contribution in [0.25, 0.3) is 11.0 Å². The van der Waals surface area contributed by atoms with E-state index in [4.69, 9.17) is 0 Å². The topological polar surface area (TPSA) is 105 Å². The van der Waals surface area contributed by atoms with Crippen LogP contribution in [0, 0.1) is 6.92 Å². The molecule has 9 nitrogen and oxygen atoms in total. The van der Waals surface area contributed by atoms with Gasteiger partial charge in [0.1, 0.15) is 5.57 Å². The van der Waals surface area contributed by atoms with E-state index in [9.17, 15) is 37.5 Å². The first kappa shape index (κ1) is 27.2. The number of aryl methyl sites for hydroxylation is 2. The lowest BCUT2D eigenvalue weighted by atomic mass is 10.0. The van der Waals surface area contributed by atoms with Gasteiger partial charge in [-0.3, -0.25) is 23.6 Å². The fraction of sp³-hybridized carbons (Fsp3) is 0.280. The average molecular weight is 518 g/mol. The zero-order valence-electron chi connectivity index (χ0n) is 20.5. The van der Waals surface area contributed by atoms with Gasteiger partial charge in [-0.1, -0.05) is 12.1 Å². The number of amides is 2. The van der Waals surface area contributed by atoms with Gasteiger partial charge in [-0.2, -0.15) is 13.2 Å². The van der Waals surface area contributed by atoms with Crippen LogP contribution in [0.2, 0.25) is 0 Å². The van der Waals surface area contributed by atoms with Crippen LogP contribution in [0.15, 0.2) is 53.0 Å². The number of imide groups is 1. The van der Waals surface area contributed by atoms with Crippen molar-refractivity contribution >= 4 is 35.0 Å². The highest BCUT2D eigenvalue weighted by Gasteiger charge is 2.33. The van der Waals surface area contributed by atoms with E-state index < -0.39 is 35.7 Å². The van der Waals surface area contributed by atoms with Gasteiger partial charge in [0.15, 0.2) is 0 Å². The second-order valence-electron chi connectivity index (χ2n) is 8.34. The highest BCUT2D eigenvalue weighted by molar-refractivity contribution is 6.18. The lowest BCUT2D eigenvalue weighted by molar-refractivity contribution is -0.140. The Morgan fingerprint density at radius 1 is 1.14 bits per heavy atom. The number of alkyl halides is 3. The maximum absolute atomic E-state index is 13.3. The Hall–Kier alpha value is -4.35. The van der Waals surface area contributed by atoms with Gasteiger partial charge in [0.05, 0.1) is 23.1 Å². The maximum Gasteiger partial charge on any atom is 0.416 e.